The fourth-order valence-corrected chi connectivity index (χ4v) is 3.58. The van der Waals surface area contributed by atoms with E-state index in [0.29, 0.717) is 17.7 Å². The molecule has 2 aromatic heterocycles. The minimum Gasteiger partial charge on any atom is -0.377 e. The highest BCUT2D eigenvalue weighted by Gasteiger charge is 2.14. The molecule has 0 saturated heterocycles. The van der Waals surface area contributed by atoms with E-state index < -0.39 is 0 Å². The third kappa shape index (κ3) is 2.60. The molecular weight excluding hydrogens is 382 g/mol. The topological polar surface area (TPSA) is 64.2 Å². The number of benzene rings is 2. The number of rotatable bonds is 3. The van der Waals surface area contributed by atoms with Crippen molar-refractivity contribution < 1.29 is 0 Å². The number of para-hydroxylation sites is 1. The Hall–Kier alpha value is -2.67. The van der Waals surface area contributed by atoms with Crippen LogP contribution in [-0.4, -0.2) is 19.2 Å². The number of aryl methyl sites for hydroxylation is 2. The summed E-state index contributed by atoms with van der Waals surface area (Å²) in [5, 5.41) is 12.5. The van der Waals surface area contributed by atoms with Gasteiger partial charge in [-0.15, -0.1) is 10.2 Å². The van der Waals surface area contributed by atoms with E-state index >= 15 is 0 Å². The molecule has 0 bridgehead atoms. The van der Waals surface area contributed by atoms with E-state index in [4.69, 9.17) is 0 Å². The van der Waals surface area contributed by atoms with Gasteiger partial charge in [0, 0.05) is 17.2 Å². The Morgan fingerprint density at radius 3 is 2.76 bits per heavy atom. The summed E-state index contributed by atoms with van der Waals surface area (Å²) in [5.74, 6) is 1.28. The summed E-state index contributed by atoms with van der Waals surface area (Å²) in [6, 6.07) is 13.6. The largest absolute Gasteiger partial charge is 0.377 e. The summed E-state index contributed by atoms with van der Waals surface area (Å²) >= 11 is 3.57. The molecule has 0 radical (unpaired) electrons. The van der Waals surface area contributed by atoms with Gasteiger partial charge in [0.1, 0.15) is 0 Å². The van der Waals surface area contributed by atoms with Crippen molar-refractivity contribution in [1.29, 1.82) is 0 Å². The van der Waals surface area contributed by atoms with Crippen molar-refractivity contribution >= 4 is 38.3 Å². The van der Waals surface area contributed by atoms with Gasteiger partial charge in [-0.05, 0) is 52.7 Å². The highest BCUT2D eigenvalue weighted by atomic mass is 79.9. The van der Waals surface area contributed by atoms with Gasteiger partial charge >= 0.3 is 0 Å². The number of halogens is 1. The van der Waals surface area contributed by atoms with E-state index in [1.807, 2.05) is 47.7 Å². The van der Waals surface area contributed by atoms with Crippen molar-refractivity contribution in [3.05, 3.63) is 68.7 Å². The third-order valence-electron chi connectivity index (χ3n) is 4.25. The zero-order chi connectivity index (χ0) is 17.6. The molecule has 0 aliphatic heterocycles. The highest BCUT2D eigenvalue weighted by Crippen LogP contribution is 2.24. The Kier molecular flexibility index (Phi) is 3.80. The van der Waals surface area contributed by atoms with Gasteiger partial charge in [-0.25, -0.2) is 0 Å². The fraction of sp³-hybridized carbons (Fsp3) is 0.167. The summed E-state index contributed by atoms with van der Waals surface area (Å²) in [4.78, 5) is 12.5. The van der Waals surface area contributed by atoms with E-state index in [0.717, 1.165) is 21.5 Å². The number of hydrogen-bond donors (Lipinski definition) is 1. The molecule has 25 heavy (non-hydrogen) atoms. The van der Waals surface area contributed by atoms with E-state index in [1.54, 1.807) is 7.05 Å². The van der Waals surface area contributed by atoms with E-state index in [-0.39, 0.29) is 5.56 Å². The van der Waals surface area contributed by atoms with Gasteiger partial charge in [-0.1, -0.05) is 18.2 Å². The summed E-state index contributed by atoms with van der Waals surface area (Å²) in [6.07, 6.45) is 0. The summed E-state index contributed by atoms with van der Waals surface area (Å²) < 4.78 is 4.45. The van der Waals surface area contributed by atoms with Gasteiger partial charge in [-0.2, -0.15) is 0 Å². The molecule has 0 unspecified atom stereocenters. The summed E-state index contributed by atoms with van der Waals surface area (Å²) in [5.41, 5.74) is 2.91. The monoisotopic (exact) mass is 397 g/mol. The SMILES string of the molecule is Cc1ccc(NCc2nnc3n(C)c(=O)c4ccccc4n23)c(Br)c1. The molecular formula is C18H16BrN5O. The Labute approximate surface area is 152 Å². The van der Waals surface area contributed by atoms with Crippen LogP contribution in [-0.2, 0) is 13.6 Å². The van der Waals surface area contributed by atoms with Crippen LogP contribution in [0.15, 0.2) is 51.7 Å². The van der Waals surface area contributed by atoms with Crippen molar-refractivity contribution in [2.24, 2.45) is 7.05 Å². The van der Waals surface area contributed by atoms with Gasteiger partial charge in [0.2, 0.25) is 5.78 Å². The van der Waals surface area contributed by atoms with Crippen LogP contribution in [0.5, 0.6) is 0 Å². The van der Waals surface area contributed by atoms with Crippen molar-refractivity contribution in [3.63, 3.8) is 0 Å². The molecule has 6 nitrogen and oxygen atoms in total. The molecule has 0 saturated carbocycles. The standard InChI is InChI=1S/C18H16BrN5O/c1-11-7-8-14(13(19)9-11)20-10-16-21-22-18-23(2)17(25)12-5-3-4-6-15(12)24(16)18/h3-9,20H,10H2,1-2H3. The smallest absolute Gasteiger partial charge is 0.262 e. The van der Waals surface area contributed by atoms with Crippen LogP contribution >= 0.6 is 15.9 Å². The van der Waals surface area contributed by atoms with Crippen LogP contribution in [0.2, 0.25) is 0 Å². The number of aromatic nitrogens is 4. The molecule has 2 aromatic carbocycles. The second-order valence-corrected chi connectivity index (χ2v) is 6.82. The molecule has 4 rings (SSSR count). The number of nitrogens with zero attached hydrogens (tertiary/aromatic N) is 4. The minimum absolute atomic E-state index is 0.0729. The van der Waals surface area contributed by atoms with Gasteiger partial charge in [-0.3, -0.25) is 13.8 Å². The molecule has 2 heterocycles. The van der Waals surface area contributed by atoms with Crippen LogP contribution in [0, 0.1) is 6.92 Å². The first-order valence-electron chi connectivity index (χ1n) is 7.88. The molecule has 0 aliphatic rings. The third-order valence-corrected chi connectivity index (χ3v) is 4.91. The number of anilines is 1. The lowest BCUT2D eigenvalue weighted by atomic mass is 10.2. The van der Waals surface area contributed by atoms with Crippen molar-refractivity contribution in [3.8, 4) is 0 Å². The molecule has 4 aromatic rings. The van der Waals surface area contributed by atoms with Gasteiger partial charge < -0.3 is 5.32 Å². The first-order chi connectivity index (χ1) is 12.1. The zero-order valence-corrected chi connectivity index (χ0v) is 15.4. The lowest BCUT2D eigenvalue weighted by molar-refractivity contribution is 0.855. The molecule has 0 amide bonds. The summed E-state index contributed by atoms with van der Waals surface area (Å²) in [7, 11) is 1.71. The number of nitrogens with one attached hydrogen (secondary N) is 1. The average Bonchev–Trinajstić information content (AvgIpc) is 3.03. The lowest BCUT2D eigenvalue weighted by Gasteiger charge is -2.10. The maximum atomic E-state index is 12.5. The maximum absolute atomic E-state index is 12.5. The molecule has 0 aliphatic carbocycles. The second-order valence-electron chi connectivity index (χ2n) is 5.97. The molecule has 0 spiro atoms. The van der Waals surface area contributed by atoms with Gasteiger partial charge in [0.05, 0.1) is 17.4 Å². The van der Waals surface area contributed by atoms with E-state index in [1.165, 1.54) is 10.1 Å². The minimum atomic E-state index is -0.0729. The van der Waals surface area contributed by atoms with Crippen molar-refractivity contribution in [2.45, 2.75) is 13.5 Å². The van der Waals surface area contributed by atoms with Crippen molar-refractivity contribution in [1.82, 2.24) is 19.2 Å². The predicted molar refractivity (Wildman–Crippen MR) is 102 cm³/mol. The average molecular weight is 398 g/mol. The quantitative estimate of drug-likeness (QED) is 0.576. The Balaban J connectivity index is 1.82. The van der Waals surface area contributed by atoms with Crippen LogP contribution in [0.4, 0.5) is 5.69 Å². The first kappa shape index (κ1) is 15.8. The Morgan fingerprint density at radius 1 is 1.16 bits per heavy atom. The zero-order valence-electron chi connectivity index (χ0n) is 13.8. The Morgan fingerprint density at radius 2 is 1.96 bits per heavy atom. The van der Waals surface area contributed by atoms with E-state index in [2.05, 4.69) is 37.5 Å². The van der Waals surface area contributed by atoms with Gasteiger partial charge in [0.15, 0.2) is 5.82 Å². The van der Waals surface area contributed by atoms with Crippen LogP contribution in [0.25, 0.3) is 16.7 Å². The number of hydrogen-bond acceptors (Lipinski definition) is 4. The molecule has 1 N–H and O–H groups in total. The summed E-state index contributed by atoms with van der Waals surface area (Å²) in [6.45, 7) is 2.54. The molecule has 0 fully saturated rings. The van der Waals surface area contributed by atoms with Crippen LogP contribution < -0.4 is 10.9 Å². The molecule has 0 atom stereocenters. The Bertz CT molecular complexity index is 1160. The van der Waals surface area contributed by atoms with E-state index in [9.17, 15) is 4.79 Å². The second kappa shape index (κ2) is 6.00. The predicted octanol–water partition coefficient (Wildman–Crippen LogP) is 3.26. The van der Waals surface area contributed by atoms with Crippen LogP contribution in [0.3, 0.4) is 0 Å². The highest BCUT2D eigenvalue weighted by molar-refractivity contribution is 9.10. The fourth-order valence-electron chi connectivity index (χ4n) is 2.94. The number of fused-ring (bicyclic) bond motifs is 3. The molecule has 7 heteroatoms. The normalized spacial score (nSPS) is 11.3. The maximum Gasteiger partial charge on any atom is 0.262 e. The van der Waals surface area contributed by atoms with Gasteiger partial charge in [0.25, 0.3) is 5.56 Å². The first-order valence-corrected chi connectivity index (χ1v) is 8.67. The van der Waals surface area contributed by atoms with Crippen molar-refractivity contribution in [2.75, 3.05) is 5.32 Å². The van der Waals surface area contributed by atoms with Crippen LogP contribution in [0.1, 0.15) is 11.4 Å². The lowest BCUT2D eigenvalue weighted by Crippen LogP contribution is -2.20. The molecule has 126 valence electrons.